The summed E-state index contributed by atoms with van der Waals surface area (Å²) in [6, 6.07) is -1.18. The van der Waals surface area contributed by atoms with Crippen LogP contribution in [0.4, 0.5) is 0 Å². The summed E-state index contributed by atoms with van der Waals surface area (Å²) in [4.78, 5) is 52.8. The molecule has 1 saturated heterocycles. The Morgan fingerprint density at radius 2 is 1.31 bits per heavy atom. The van der Waals surface area contributed by atoms with Gasteiger partial charge in [0.25, 0.3) is 0 Å². The lowest BCUT2D eigenvalue weighted by Gasteiger charge is -2.45. The monoisotopic (exact) mass is 498 g/mol. The minimum atomic E-state index is -1.34. The summed E-state index contributed by atoms with van der Waals surface area (Å²) in [5.74, 6) is -2.36. The van der Waals surface area contributed by atoms with Gasteiger partial charge in [-0.15, -0.1) is 0 Å². The number of esters is 3. The smallest absolute Gasteiger partial charge is 0.311 e. The van der Waals surface area contributed by atoms with Crippen LogP contribution in [0, 0.1) is 16.2 Å². The number of amides is 1. The Morgan fingerprint density at radius 1 is 0.857 bits per heavy atom. The molecule has 12 heteroatoms. The predicted molar refractivity (Wildman–Crippen MR) is 124 cm³/mol. The van der Waals surface area contributed by atoms with E-state index in [1.165, 1.54) is 6.92 Å². The van der Waals surface area contributed by atoms with Crippen LogP contribution < -0.4 is 5.32 Å². The summed E-state index contributed by atoms with van der Waals surface area (Å²) in [6.45, 7) is 15.6. The maximum atomic E-state index is 12.9. The molecule has 0 spiro atoms. The molecule has 0 radical (unpaired) electrons. The minimum absolute atomic E-state index is 0.383. The van der Waals surface area contributed by atoms with Gasteiger partial charge in [0.15, 0.2) is 18.4 Å². The van der Waals surface area contributed by atoms with Gasteiger partial charge in [-0.25, -0.2) is 0 Å². The van der Waals surface area contributed by atoms with Crippen LogP contribution in [-0.2, 0) is 38.1 Å². The van der Waals surface area contributed by atoms with Gasteiger partial charge in [0.05, 0.1) is 16.2 Å². The SMILES string of the molecule is CC(=O)N[C@@H]1[C@@H](OC(=O)C(C)(C)C)[C@H](OC(=O)C(C)(C)C)[C@@H](COC(=O)C(C)(C)C)O[C@H]1N=[N+]=[N-]. The molecule has 0 aliphatic carbocycles. The summed E-state index contributed by atoms with van der Waals surface area (Å²) in [5, 5.41) is 6.17. The highest BCUT2D eigenvalue weighted by atomic mass is 16.6. The standard InChI is InChI=1S/C23H38N4O8/c1-12(28)25-14-16(35-20(31)23(8,9)10)15(34-19(30)22(5,6)7)13(33-17(14)26-27-24)11-32-18(29)21(2,3)4/h13-17H,11H2,1-10H3,(H,25,28)/t13-,14-,15-,16-,17-/m1/s1. The van der Waals surface area contributed by atoms with Crippen LogP contribution in [-0.4, -0.2) is 61.0 Å². The van der Waals surface area contributed by atoms with E-state index in [1.54, 1.807) is 62.3 Å². The first-order chi connectivity index (χ1) is 15.8. The Balaban J connectivity index is 3.55. The average Bonchev–Trinajstić information content (AvgIpc) is 2.67. The molecule has 1 rings (SSSR count). The fraction of sp³-hybridized carbons (Fsp3) is 0.826. The normalized spacial score (nSPS) is 25.0. The van der Waals surface area contributed by atoms with Crippen molar-refractivity contribution >= 4 is 23.8 Å². The van der Waals surface area contributed by atoms with Gasteiger partial charge in [-0.2, -0.15) is 0 Å². The molecular formula is C23H38N4O8. The number of azide groups is 1. The highest BCUT2D eigenvalue weighted by Crippen LogP contribution is 2.32. The van der Waals surface area contributed by atoms with Gasteiger partial charge in [-0.3, -0.25) is 19.2 Å². The highest BCUT2D eigenvalue weighted by molar-refractivity contribution is 5.77. The molecule has 1 amide bonds. The van der Waals surface area contributed by atoms with Gasteiger partial charge < -0.3 is 24.3 Å². The lowest BCUT2D eigenvalue weighted by Crippen LogP contribution is -2.66. The van der Waals surface area contributed by atoms with E-state index in [2.05, 4.69) is 15.3 Å². The number of nitrogens with zero attached hydrogens (tertiary/aromatic N) is 3. The molecular weight excluding hydrogens is 460 g/mol. The van der Waals surface area contributed by atoms with Crippen molar-refractivity contribution in [2.75, 3.05) is 6.61 Å². The zero-order valence-corrected chi connectivity index (χ0v) is 22.2. The fourth-order valence-electron chi connectivity index (χ4n) is 2.85. The van der Waals surface area contributed by atoms with Crippen LogP contribution in [0.25, 0.3) is 10.4 Å². The van der Waals surface area contributed by atoms with Gasteiger partial charge in [0, 0.05) is 11.8 Å². The largest absolute Gasteiger partial charge is 0.462 e. The van der Waals surface area contributed by atoms with Crippen LogP contribution in [0.3, 0.4) is 0 Å². The van der Waals surface area contributed by atoms with E-state index in [9.17, 15) is 19.2 Å². The zero-order chi connectivity index (χ0) is 27.4. The van der Waals surface area contributed by atoms with Gasteiger partial charge in [-0.05, 0) is 67.8 Å². The van der Waals surface area contributed by atoms with Crippen molar-refractivity contribution in [1.82, 2.24) is 5.32 Å². The predicted octanol–water partition coefficient (Wildman–Crippen LogP) is 3.03. The lowest BCUT2D eigenvalue weighted by molar-refractivity contribution is -0.230. The Morgan fingerprint density at radius 3 is 1.71 bits per heavy atom. The molecule has 0 aromatic heterocycles. The second-order valence-corrected chi connectivity index (χ2v) is 11.6. The molecule has 5 atom stereocenters. The summed E-state index contributed by atoms with van der Waals surface area (Å²) >= 11 is 0. The van der Waals surface area contributed by atoms with Crippen LogP contribution in [0.1, 0.15) is 69.2 Å². The number of hydrogen-bond donors (Lipinski definition) is 1. The van der Waals surface area contributed by atoms with Crippen molar-refractivity contribution in [3.05, 3.63) is 10.4 Å². The van der Waals surface area contributed by atoms with E-state index in [0.717, 1.165) is 0 Å². The topological polar surface area (TPSA) is 166 Å². The maximum absolute atomic E-state index is 12.9. The Kier molecular flexibility index (Phi) is 9.71. The number of ether oxygens (including phenoxy) is 4. The molecule has 0 aromatic rings. The summed E-state index contributed by atoms with van der Waals surface area (Å²) in [6.07, 6.45) is -5.10. The Labute approximate surface area is 206 Å². The number of rotatable bonds is 6. The average molecular weight is 499 g/mol. The molecule has 0 unspecified atom stereocenters. The molecule has 1 aliphatic rings. The molecule has 1 heterocycles. The number of nitrogens with one attached hydrogen (secondary N) is 1. The van der Waals surface area contributed by atoms with E-state index < -0.39 is 70.6 Å². The van der Waals surface area contributed by atoms with Crippen molar-refractivity contribution in [2.45, 2.75) is 99.8 Å². The molecule has 198 valence electrons. The van der Waals surface area contributed by atoms with Crippen molar-refractivity contribution < 1.29 is 38.1 Å². The van der Waals surface area contributed by atoms with Crippen molar-refractivity contribution in [1.29, 1.82) is 0 Å². The highest BCUT2D eigenvalue weighted by Gasteiger charge is 2.52. The lowest BCUT2D eigenvalue weighted by atomic mass is 9.92. The van der Waals surface area contributed by atoms with Crippen LogP contribution in [0.5, 0.6) is 0 Å². The number of carbonyl (C=O) groups excluding carboxylic acids is 4. The molecule has 1 fully saturated rings. The van der Waals surface area contributed by atoms with Crippen LogP contribution >= 0.6 is 0 Å². The molecule has 1 aliphatic heterocycles. The van der Waals surface area contributed by atoms with E-state index in [0.29, 0.717) is 0 Å². The summed E-state index contributed by atoms with van der Waals surface area (Å²) < 4.78 is 22.7. The molecule has 12 nitrogen and oxygen atoms in total. The molecule has 0 aromatic carbocycles. The maximum Gasteiger partial charge on any atom is 0.311 e. The third-order valence-electron chi connectivity index (χ3n) is 4.90. The third kappa shape index (κ3) is 8.70. The molecule has 35 heavy (non-hydrogen) atoms. The fourth-order valence-corrected chi connectivity index (χ4v) is 2.85. The number of carbonyl (C=O) groups is 4. The Bertz CT molecular complexity index is 862. The van der Waals surface area contributed by atoms with Gasteiger partial charge in [0.2, 0.25) is 5.91 Å². The van der Waals surface area contributed by atoms with Crippen molar-refractivity contribution in [2.24, 2.45) is 21.4 Å². The van der Waals surface area contributed by atoms with Gasteiger partial charge in [-0.1, -0.05) is 5.11 Å². The van der Waals surface area contributed by atoms with Gasteiger partial charge >= 0.3 is 17.9 Å². The zero-order valence-electron chi connectivity index (χ0n) is 22.2. The second-order valence-electron chi connectivity index (χ2n) is 11.6. The quantitative estimate of drug-likeness (QED) is 0.192. The van der Waals surface area contributed by atoms with E-state index in [1.807, 2.05) is 0 Å². The molecule has 0 saturated carbocycles. The van der Waals surface area contributed by atoms with Crippen LogP contribution in [0.15, 0.2) is 5.11 Å². The molecule has 1 N–H and O–H groups in total. The van der Waals surface area contributed by atoms with E-state index >= 15 is 0 Å². The van der Waals surface area contributed by atoms with Crippen molar-refractivity contribution in [3.63, 3.8) is 0 Å². The minimum Gasteiger partial charge on any atom is -0.462 e. The van der Waals surface area contributed by atoms with E-state index in [4.69, 9.17) is 24.5 Å². The Hall–Kier alpha value is -2.85. The first-order valence-electron chi connectivity index (χ1n) is 11.3. The summed E-state index contributed by atoms with van der Waals surface area (Å²) in [5.41, 5.74) is 6.38. The summed E-state index contributed by atoms with van der Waals surface area (Å²) in [7, 11) is 0. The second kappa shape index (κ2) is 11.3. The van der Waals surface area contributed by atoms with Gasteiger partial charge in [0.1, 0.15) is 18.8 Å². The third-order valence-corrected chi connectivity index (χ3v) is 4.90. The van der Waals surface area contributed by atoms with Crippen LogP contribution in [0.2, 0.25) is 0 Å². The molecule has 0 bridgehead atoms. The number of hydrogen-bond acceptors (Lipinski definition) is 9. The first-order valence-corrected chi connectivity index (χ1v) is 11.3. The van der Waals surface area contributed by atoms with Crippen molar-refractivity contribution in [3.8, 4) is 0 Å². The van der Waals surface area contributed by atoms with E-state index in [-0.39, 0.29) is 6.61 Å². The first kappa shape index (κ1) is 30.2.